The molecule has 0 aromatic carbocycles. The molecule has 0 fully saturated rings. The molecule has 2 aromatic rings. The van der Waals surface area contributed by atoms with Crippen LogP contribution in [0.2, 0.25) is 4.34 Å². The Kier molecular flexibility index (Phi) is 4.01. The van der Waals surface area contributed by atoms with Crippen LogP contribution >= 0.6 is 22.9 Å². The topological polar surface area (TPSA) is 68.1 Å². The summed E-state index contributed by atoms with van der Waals surface area (Å²) < 4.78 is 0.690. The summed E-state index contributed by atoms with van der Waals surface area (Å²) in [5.41, 5.74) is 0.699. The zero-order valence-corrected chi connectivity index (χ0v) is 12.0. The number of hydrogen-bond acceptors (Lipinski definition) is 5. The number of thiophene rings is 1. The number of nitrogens with zero attached hydrogens (tertiary/aromatic N) is 2. The van der Waals surface area contributed by atoms with E-state index in [9.17, 15) is 10.1 Å². The molecule has 0 saturated heterocycles. The molecular formula is C12H12ClN3O2S. The molecule has 0 bridgehead atoms. The van der Waals surface area contributed by atoms with Crippen molar-refractivity contribution in [3.8, 4) is 0 Å². The molecule has 2 heterocycles. The summed E-state index contributed by atoms with van der Waals surface area (Å²) >= 11 is 7.32. The summed E-state index contributed by atoms with van der Waals surface area (Å²) in [6.07, 6.45) is 0. The molecule has 1 unspecified atom stereocenters. The van der Waals surface area contributed by atoms with Gasteiger partial charge in [-0.25, -0.2) is 4.98 Å². The van der Waals surface area contributed by atoms with Gasteiger partial charge in [-0.2, -0.15) is 0 Å². The number of aromatic nitrogens is 1. The maximum Gasteiger partial charge on any atom is 0.311 e. The van der Waals surface area contributed by atoms with Gasteiger partial charge in [0.25, 0.3) is 0 Å². The molecule has 5 nitrogen and oxygen atoms in total. The van der Waals surface area contributed by atoms with Crippen molar-refractivity contribution in [1.82, 2.24) is 4.98 Å². The lowest BCUT2D eigenvalue weighted by molar-refractivity contribution is -0.384. The van der Waals surface area contributed by atoms with Crippen LogP contribution in [0.4, 0.5) is 11.5 Å². The lowest BCUT2D eigenvalue weighted by Crippen LogP contribution is -2.09. The van der Waals surface area contributed by atoms with Gasteiger partial charge in [0.2, 0.25) is 5.82 Å². The molecule has 7 heteroatoms. The zero-order valence-electron chi connectivity index (χ0n) is 10.4. The molecule has 2 rings (SSSR count). The van der Waals surface area contributed by atoms with Gasteiger partial charge in [-0.1, -0.05) is 11.6 Å². The fourth-order valence-electron chi connectivity index (χ4n) is 1.64. The van der Waals surface area contributed by atoms with E-state index >= 15 is 0 Å². The minimum atomic E-state index is -0.442. The van der Waals surface area contributed by atoms with Crippen molar-refractivity contribution >= 4 is 34.4 Å². The monoisotopic (exact) mass is 297 g/mol. The number of anilines is 1. The van der Waals surface area contributed by atoms with Gasteiger partial charge in [0, 0.05) is 16.6 Å². The highest BCUT2D eigenvalue weighted by Gasteiger charge is 2.18. The van der Waals surface area contributed by atoms with Gasteiger partial charge in [0.05, 0.1) is 15.3 Å². The highest BCUT2D eigenvalue weighted by molar-refractivity contribution is 7.16. The second kappa shape index (κ2) is 5.54. The summed E-state index contributed by atoms with van der Waals surface area (Å²) in [6.45, 7) is 3.71. The van der Waals surface area contributed by atoms with Crippen LogP contribution in [-0.4, -0.2) is 9.91 Å². The van der Waals surface area contributed by atoms with E-state index in [2.05, 4.69) is 10.3 Å². The molecule has 0 spiro atoms. The van der Waals surface area contributed by atoms with Gasteiger partial charge in [-0.3, -0.25) is 10.1 Å². The zero-order chi connectivity index (χ0) is 14.0. The first kappa shape index (κ1) is 13.8. The molecule has 0 aliphatic heterocycles. The lowest BCUT2D eigenvalue weighted by atomic mass is 10.2. The van der Waals surface area contributed by atoms with E-state index in [1.165, 1.54) is 17.4 Å². The highest BCUT2D eigenvalue weighted by Crippen LogP contribution is 2.31. The fraction of sp³-hybridized carbons (Fsp3) is 0.250. The third-order valence-corrected chi connectivity index (χ3v) is 4.00. The van der Waals surface area contributed by atoms with E-state index in [1.54, 1.807) is 19.1 Å². The molecule has 1 atom stereocenters. The van der Waals surface area contributed by atoms with Gasteiger partial charge >= 0.3 is 5.69 Å². The van der Waals surface area contributed by atoms with Crippen LogP contribution in [0.3, 0.4) is 0 Å². The predicted molar refractivity (Wildman–Crippen MR) is 77.0 cm³/mol. The Balaban J connectivity index is 2.27. The fourth-order valence-corrected chi connectivity index (χ4v) is 2.70. The molecule has 0 aliphatic rings. The number of nitro groups is 1. The van der Waals surface area contributed by atoms with Crippen LogP contribution < -0.4 is 5.32 Å². The molecule has 100 valence electrons. The van der Waals surface area contributed by atoms with Gasteiger partial charge in [-0.15, -0.1) is 11.3 Å². The van der Waals surface area contributed by atoms with Crippen LogP contribution in [0.15, 0.2) is 24.3 Å². The second-order valence-electron chi connectivity index (χ2n) is 4.09. The van der Waals surface area contributed by atoms with E-state index in [0.717, 1.165) is 10.6 Å². The van der Waals surface area contributed by atoms with Crippen LogP contribution in [0, 0.1) is 17.0 Å². The van der Waals surface area contributed by atoms with Crippen molar-refractivity contribution < 1.29 is 4.92 Å². The van der Waals surface area contributed by atoms with Crippen molar-refractivity contribution in [2.45, 2.75) is 19.9 Å². The summed E-state index contributed by atoms with van der Waals surface area (Å²) in [5.74, 6) is 0.280. The summed E-state index contributed by atoms with van der Waals surface area (Å²) in [7, 11) is 0. The van der Waals surface area contributed by atoms with Gasteiger partial charge in [0.1, 0.15) is 0 Å². The summed E-state index contributed by atoms with van der Waals surface area (Å²) in [4.78, 5) is 15.7. The number of halogens is 1. The first-order chi connectivity index (χ1) is 8.97. The first-order valence-electron chi connectivity index (χ1n) is 5.61. The van der Waals surface area contributed by atoms with E-state index in [1.807, 2.05) is 13.0 Å². The van der Waals surface area contributed by atoms with Crippen molar-refractivity contribution in [3.05, 3.63) is 49.3 Å². The minimum Gasteiger partial charge on any atom is -0.357 e. The normalized spacial score (nSPS) is 12.2. The molecule has 1 N–H and O–H groups in total. The SMILES string of the molecule is Cc1ccc([N+](=O)[O-])c(NC(C)c2ccc(Cl)s2)n1. The molecule has 0 saturated carbocycles. The number of rotatable bonds is 4. The molecule has 19 heavy (non-hydrogen) atoms. The van der Waals surface area contributed by atoms with Crippen LogP contribution in [0.1, 0.15) is 23.5 Å². The number of nitrogens with one attached hydrogen (secondary N) is 1. The van der Waals surface area contributed by atoms with Gasteiger partial charge in [0.15, 0.2) is 0 Å². The second-order valence-corrected chi connectivity index (χ2v) is 5.83. The molecule has 2 aromatic heterocycles. The van der Waals surface area contributed by atoms with Crippen LogP contribution in [0.5, 0.6) is 0 Å². The smallest absolute Gasteiger partial charge is 0.311 e. The number of hydrogen-bond donors (Lipinski definition) is 1. The Labute approximate surface area is 119 Å². The highest BCUT2D eigenvalue weighted by atomic mass is 35.5. The van der Waals surface area contributed by atoms with Crippen LogP contribution in [-0.2, 0) is 0 Å². The maximum atomic E-state index is 11.0. The minimum absolute atomic E-state index is 0.0277. The third kappa shape index (κ3) is 3.21. The van der Waals surface area contributed by atoms with Crippen molar-refractivity contribution in [2.75, 3.05) is 5.32 Å². The Morgan fingerprint density at radius 1 is 1.42 bits per heavy atom. The van der Waals surface area contributed by atoms with E-state index < -0.39 is 4.92 Å². The van der Waals surface area contributed by atoms with Crippen LogP contribution in [0.25, 0.3) is 0 Å². The lowest BCUT2D eigenvalue weighted by Gasteiger charge is -2.13. The van der Waals surface area contributed by atoms with E-state index in [0.29, 0.717) is 4.34 Å². The summed E-state index contributed by atoms with van der Waals surface area (Å²) in [6, 6.07) is 6.68. The average molecular weight is 298 g/mol. The number of pyridine rings is 1. The third-order valence-electron chi connectivity index (χ3n) is 2.58. The molecular weight excluding hydrogens is 286 g/mol. The predicted octanol–water partition coefficient (Wildman–Crippen LogP) is 4.19. The van der Waals surface area contributed by atoms with E-state index in [4.69, 9.17) is 11.6 Å². The van der Waals surface area contributed by atoms with Crippen molar-refractivity contribution in [1.29, 1.82) is 0 Å². The Hall–Kier alpha value is -1.66. The summed E-state index contributed by atoms with van der Waals surface area (Å²) in [5, 5.41) is 14.0. The Bertz CT molecular complexity index is 615. The van der Waals surface area contributed by atoms with Gasteiger partial charge in [-0.05, 0) is 32.0 Å². The molecule has 0 amide bonds. The molecule has 0 radical (unpaired) electrons. The number of aryl methyl sites for hydroxylation is 1. The molecule has 0 aliphatic carbocycles. The Morgan fingerprint density at radius 2 is 2.16 bits per heavy atom. The van der Waals surface area contributed by atoms with Crippen molar-refractivity contribution in [2.24, 2.45) is 0 Å². The van der Waals surface area contributed by atoms with E-state index in [-0.39, 0.29) is 17.5 Å². The quantitative estimate of drug-likeness (QED) is 0.679. The van der Waals surface area contributed by atoms with Gasteiger partial charge < -0.3 is 5.32 Å². The average Bonchev–Trinajstić information content (AvgIpc) is 2.75. The standard InChI is InChI=1S/C12H12ClN3O2S/c1-7-3-4-9(16(17)18)12(14-7)15-8(2)10-5-6-11(13)19-10/h3-6,8H,1-2H3,(H,14,15). The van der Waals surface area contributed by atoms with Crippen molar-refractivity contribution in [3.63, 3.8) is 0 Å². The largest absolute Gasteiger partial charge is 0.357 e. The first-order valence-corrected chi connectivity index (χ1v) is 6.80. The Morgan fingerprint density at radius 3 is 2.74 bits per heavy atom. The maximum absolute atomic E-state index is 11.0.